The van der Waals surface area contributed by atoms with Gasteiger partial charge in [-0.15, -0.1) is 0 Å². The van der Waals surface area contributed by atoms with Gasteiger partial charge in [-0.05, 0) is 78.5 Å². The Balaban J connectivity index is -0.000000529. The summed E-state index contributed by atoms with van der Waals surface area (Å²) in [6.07, 6.45) is 14.3. The summed E-state index contributed by atoms with van der Waals surface area (Å²) in [5, 5.41) is 32.7. The first-order chi connectivity index (χ1) is 15.1. The number of carboxylic acid groups (broad SMARTS) is 2. The summed E-state index contributed by atoms with van der Waals surface area (Å²) in [5.74, 6) is -2.33. The Labute approximate surface area is 228 Å². The van der Waals surface area contributed by atoms with E-state index in [9.17, 15) is 24.6 Å². The van der Waals surface area contributed by atoms with Crippen molar-refractivity contribution < 1.29 is 29.7 Å². The van der Waals surface area contributed by atoms with Gasteiger partial charge in [-0.3, -0.25) is 9.59 Å². The minimum absolute atomic E-state index is 0. The Hall–Kier alpha value is -1.38. The number of unbranched alkanes of at least 4 members (excludes halogenated alkanes) is 4. The second kappa shape index (κ2) is 25.2. The van der Waals surface area contributed by atoms with E-state index in [2.05, 4.69) is 22.5 Å². The average Bonchev–Trinajstić information content (AvgIpc) is 2.66. The van der Waals surface area contributed by atoms with Gasteiger partial charge in [0.15, 0.2) is 0 Å². The zero-order valence-electron chi connectivity index (χ0n) is 20.7. The van der Waals surface area contributed by atoms with Gasteiger partial charge in [0.1, 0.15) is 0 Å². The molecule has 2 N–H and O–H groups in total. The second-order valence-electron chi connectivity index (χ2n) is 7.64. The molecule has 33 heavy (non-hydrogen) atoms. The fourth-order valence-corrected chi connectivity index (χ4v) is 2.68. The number of carbonyl (C=O) groups excluding carboxylic acids is 2. The fraction of sp³-hybridized carbons (Fsp3) is 0.667. The van der Waals surface area contributed by atoms with Gasteiger partial charge in [0.05, 0.1) is 12.5 Å². The van der Waals surface area contributed by atoms with Crippen molar-refractivity contribution in [3.63, 3.8) is 0 Å². The van der Waals surface area contributed by atoms with Crippen LogP contribution in [-0.4, -0.2) is 78.7 Å². The molecule has 2 atom stereocenters. The SMILES string of the molecule is C/C=C/CCCCC(=O)NC(C)CC(=O)O.C/C=C/CCCCC([O-])=NC(C)CC(=O)[O-].[Ca+2]. The van der Waals surface area contributed by atoms with Crippen LogP contribution in [-0.2, 0) is 14.4 Å². The van der Waals surface area contributed by atoms with Gasteiger partial charge in [0, 0.05) is 24.9 Å². The summed E-state index contributed by atoms with van der Waals surface area (Å²) in [6, 6.07) is -0.770. The van der Waals surface area contributed by atoms with E-state index in [-0.39, 0.29) is 68.4 Å². The Bertz CT molecular complexity index is 620. The molecule has 2 unspecified atom stereocenters. The summed E-state index contributed by atoms with van der Waals surface area (Å²) in [4.78, 5) is 35.7. The van der Waals surface area contributed by atoms with Crippen LogP contribution in [0, 0.1) is 0 Å². The Morgan fingerprint density at radius 1 is 0.909 bits per heavy atom. The topological polar surface area (TPSA) is 142 Å². The first-order valence-corrected chi connectivity index (χ1v) is 11.3. The molecule has 9 heteroatoms. The number of aliphatic imine (C=N–C) groups is 1. The van der Waals surface area contributed by atoms with E-state index >= 15 is 0 Å². The molecule has 0 aliphatic carbocycles. The first kappa shape index (κ1) is 36.2. The molecule has 0 rings (SSSR count). The molecule has 0 radical (unpaired) electrons. The van der Waals surface area contributed by atoms with E-state index in [1.165, 1.54) is 0 Å². The number of aliphatic carboxylic acids is 2. The predicted octanol–water partition coefficient (Wildman–Crippen LogP) is 2.13. The van der Waals surface area contributed by atoms with Crippen molar-refractivity contribution in [3.05, 3.63) is 24.3 Å². The van der Waals surface area contributed by atoms with Crippen LogP contribution in [0.4, 0.5) is 0 Å². The maximum Gasteiger partial charge on any atom is 2.00 e. The van der Waals surface area contributed by atoms with Gasteiger partial charge < -0.3 is 30.4 Å². The van der Waals surface area contributed by atoms with Crippen molar-refractivity contribution >= 4 is 61.5 Å². The van der Waals surface area contributed by atoms with Gasteiger partial charge in [0.25, 0.3) is 0 Å². The fourth-order valence-electron chi connectivity index (χ4n) is 2.68. The van der Waals surface area contributed by atoms with Crippen LogP contribution in [0.25, 0.3) is 0 Å². The number of nitrogens with zero attached hydrogens (tertiary/aromatic N) is 1. The number of allylic oxidation sites excluding steroid dienone is 4. The van der Waals surface area contributed by atoms with E-state index in [4.69, 9.17) is 5.11 Å². The van der Waals surface area contributed by atoms with Crippen LogP contribution in [0.15, 0.2) is 29.3 Å². The molecule has 0 fully saturated rings. The number of carboxylic acids is 2. The number of nitrogens with one attached hydrogen (secondary N) is 1. The molecule has 0 aromatic rings. The van der Waals surface area contributed by atoms with Gasteiger partial charge in [-0.25, -0.2) is 0 Å². The molecule has 0 aliphatic heterocycles. The van der Waals surface area contributed by atoms with Gasteiger partial charge >= 0.3 is 43.7 Å². The average molecular weight is 493 g/mol. The minimum atomic E-state index is -1.17. The van der Waals surface area contributed by atoms with Crippen LogP contribution < -0.4 is 15.5 Å². The Kier molecular flexibility index (Phi) is 27.7. The molecule has 0 spiro atoms. The van der Waals surface area contributed by atoms with Crippen molar-refractivity contribution in [3.8, 4) is 0 Å². The predicted molar refractivity (Wildman–Crippen MR) is 129 cm³/mol. The van der Waals surface area contributed by atoms with Crippen LogP contribution in [0.2, 0.25) is 0 Å². The maximum atomic E-state index is 11.3. The third kappa shape index (κ3) is 30.6. The molecule has 184 valence electrons. The number of amides is 1. The molecule has 0 aliphatic rings. The quantitative estimate of drug-likeness (QED) is 0.111. The number of carbonyl (C=O) groups is 3. The van der Waals surface area contributed by atoms with Crippen molar-refractivity contribution in [2.75, 3.05) is 0 Å². The smallest absolute Gasteiger partial charge is 0.862 e. The molecular formula is C24H40CaN2O6. The number of hydrogen-bond acceptors (Lipinski definition) is 6. The molecule has 0 saturated heterocycles. The van der Waals surface area contributed by atoms with E-state index in [1.54, 1.807) is 13.8 Å². The molecule has 0 bridgehead atoms. The van der Waals surface area contributed by atoms with Crippen molar-refractivity contribution in [2.24, 2.45) is 4.99 Å². The van der Waals surface area contributed by atoms with Crippen molar-refractivity contribution in [1.82, 2.24) is 5.32 Å². The van der Waals surface area contributed by atoms with Crippen molar-refractivity contribution in [1.29, 1.82) is 0 Å². The standard InChI is InChI=1S/2C12H21NO3.Ca/c2*1-3-4-5-6-7-8-11(14)13-10(2)9-12(15)16;/h2*3-4,10H,5-9H2,1-2H3,(H,13,14)(H,15,16);/q;;+2/p-2/b2*4-3+;. The second-order valence-corrected chi connectivity index (χ2v) is 7.64. The summed E-state index contributed by atoms with van der Waals surface area (Å²) < 4.78 is 0. The van der Waals surface area contributed by atoms with Crippen LogP contribution >= 0.6 is 0 Å². The van der Waals surface area contributed by atoms with E-state index in [0.717, 1.165) is 38.5 Å². The molecule has 0 aromatic carbocycles. The Morgan fingerprint density at radius 2 is 1.42 bits per heavy atom. The normalized spacial score (nSPS) is 13.0. The summed E-state index contributed by atoms with van der Waals surface area (Å²) in [5.41, 5.74) is 0. The number of hydrogen-bond donors (Lipinski definition) is 2. The summed E-state index contributed by atoms with van der Waals surface area (Å²) >= 11 is 0. The van der Waals surface area contributed by atoms with E-state index < -0.39 is 18.0 Å². The van der Waals surface area contributed by atoms with E-state index in [1.807, 2.05) is 26.0 Å². The zero-order chi connectivity index (χ0) is 24.8. The molecule has 8 nitrogen and oxygen atoms in total. The number of rotatable bonds is 16. The summed E-state index contributed by atoms with van der Waals surface area (Å²) in [6.45, 7) is 7.24. The van der Waals surface area contributed by atoms with Crippen LogP contribution in [0.3, 0.4) is 0 Å². The van der Waals surface area contributed by atoms with Crippen LogP contribution in [0.5, 0.6) is 0 Å². The zero-order valence-corrected chi connectivity index (χ0v) is 22.9. The van der Waals surface area contributed by atoms with Crippen LogP contribution in [0.1, 0.15) is 91.9 Å². The molecule has 0 saturated carbocycles. The molecule has 1 amide bonds. The Morgan fingerprint density at radius 3 is 1.88 bits per heavy atom. The monoisotopic (exact) mass is 492 g/mol. The first-order valence-electron chi connectivity index (χ1n) is 11.3. The van der Waals surface area contributed by atoms with Gasteiger partial charge in [-0.1, -0.05) is 24.3 Å². The molecule has 0 aromatic heterocycles. The third-order valence-electron chi connectivity index (χ3n) is 4.22. The van der Waals surface area contributed by atoms with E-state index in [0.29, 0.717) is 12.8 Å². The minimum Gasteiger partial charge on any atom is -0.862 e. The van der Waals surface area contributed by atoms with Gasteiger partial charge in [-0.2, -0.15) is 0 Å². The third-order valence-corrected chi connectivity index (χ3v) is 4.22. The molecule has 0 heterocycles. The summed E-state index contributed by atoms with van der Waals surface area (Å²) in [7, 11) is 0. The van der Waals surface area contributed by atoms with Crippen molar-refractivity contribution in [2.45, 2.75) is 104 Å². The molecular weight excluding hydrogens is 452 g/mol. The maximum absolute atomic E-state index is 11.3. The largest absolute Gasteiger partial charge is 2.00 e. The van der Waals surface area contributed by atoms with Gasteiger partial charge in [0.2, 0.25) is 5.91 Å².